The molecule has 0 atom stereocenters. The van der Waals surface area contributed by atoms with Crippen LogP contribution in [0.15, 0.2) is 0 Å². The lowest BCUT2D eigenvalue weighted by Crippen LogP contribution is -2.21. The quantitative estimate of drug-likeness (QED) is 0.359. The molecule has 0 unspecified atom stereocenters. The van der Waals surface area contributed by atoms with E-state index in [1.54, 1.807) is 0 Å². The molecule has 1 radical (unpaired) electrons. The number of hydrogen-bond acceptors (Lipinski definition) is 1. The number of carbonyl (C=O) groups excluding carboxylic acids is 1. The van der Waals surface area contributed by atoms with Gasteiger partial charge in [0.1, 0.15) is 6.29 Å². The summed E-state index contributed by atoms with van der Waals surface area (Å²) in [5, 5.41) is 0. The summed E-state index contributed by atoms with van der Waals surface area (Å²) in [4.78, 5) is 10.8. The van der Waals surface area contributed by atoms with Gasteiger partial charge in [0.15, 0.2) is 0 Å². The first-order chi connectivity index (χ1) is 7.74. The third kappa shape index (κ3) is 6.30. The van der Waals surface area contributed by atoms with Gasteiger partial charge in [-0.2, -0.15) is 0 Å². The van der Waals surface area contributed by atoms with Crippen LogP contribution < -0.4 is 0 Å². The van der Waals surface area contributed by atoms with Crippen molar-refractivity contribution >= 4 is 6.29 Å². The predicted octanol–water partition coefficient (Wildman–Crippen LogP) is 4.95. The molecule has 0 amide bonds. The lowest BCUT2D eigenvalue weighted by Gasteiger charge is -2.31. The highest BCUT2D eigenvalue weighted by Gasteiger charge is 2.26. The Bertz CT molecular complexity index is 153. The van der Waals surface area contributed by atoms with Crippen molar-refractivity contribution < 1.29 is 4.79 Å². The average molecular weight is 225 g/mol. The summed E-state index contributed by atoms with van der Waals surface area (Å²) in [6, 6.07) is 0. The van der Waals surface area contributed by atoms with Gasteiger partial charge in [0.2, 0.25) is 0 Å². The lowest BCUT2D eigenvalue weighted by molar-refractivity contribution is -0.106. The van der Waals surface area contributed by atoms with Crippen LogP contribution >= 0.6 is 0 Å². The largest absolute Gasteiger partial charge is 0.303 e. The Hall–Kier alpha value is -0.330. The van der Waals surface area contributed by atoms with Crippen molar-refractivity contribution in [2.24, 2.45) is 5.41 Å². The summed E-state index contributed by atoms with van der Waals surface area (Å²) in [5.74, 6) is 0. The summed E-state index contributed by atoms with van der Waals surface area (Å²) in [6.45, 7) is 6.68. The number of aldehydes is 1. The highest BCUT2D eigenvalue weighted by molar-refractivity contribution is 5.62. The van der Waals surface area contributed by atoms with Gasteiger partial charge in [0.25, 0.3) is 0 Å². The molecule has 0 fully saturated rings. The minimum Gasteiger partial charge on any atom is -0.303 e. The smallest absolute Gasteiger partial charge is 0.124 e. The van der Waals surface area contributed by atoms with Gasteiger partial charge in [-0.15, -0.1) is 0 Å². The van der Waals surface area contributed by atoms with E-state index < -0.39 is 0 Å². The second kappa shape index (κ2) is 9.86. The van der Waals surface area contributed by atoms with Gasteiger partial charge < -0.3 is 4.79 Å². The Morgan fingerprint density at radius 1 is 0.875 bits per heavy atom. The zero-order chi connectivity index (χ0) is 12.3. The molecule has 0 aromatic heterocycles. The predicted molar refractivity (Wildman–Crippen MR) is 71.4 cm³/mol. The number of carbonyl (C=O) groups is 1. The Balaban J connectivity index is 4.14. The molecule has 1 heteroatoms. The van der Waals surface area contributed by atoms with E-state index in [1.807, 2.05) is 6.42 Å². The van der Waals surface area contributed by atoms with Crippen molar-refractivity contribution in [3.05, 3.63) is 6.42 Å². The second-order valence-corrected chi connectivity index (χ2v) is 4.93. The molecule has 0 N–H and O–H groups in total. The van der Waals surface area contributed by atoms with E-state index in [0.29, 0.717) is 0 Å². The van der Waals surface area contributed by atoms with Crippen molar-refractivity contribution in [1.29, 1.82) is 0 Å². The Kier molecular flexibility index (Phi) is 9.66. The minimum absolute atomic E-state index is 0.200. The Morgan fingerprint density at radius 2 is 1.38 bits per heavy atom. The van der Waals surface area contributed by atoms with Crippen molar-refractivity contribution in [1.82, 2.24) is 0 Å². The Morgan fingerprint density at radius 3 is 1.69 bits per heavy atom. The molecule has 0 aromatic rings. The fraction of sp³-hybridized carbons (Fsp3) is 0.867. The van der Waals surface area contributed by atoms with Crippen LogP contribution in [-0.2, 0) is 4.79 Å². The SMILES string of the molecule is CCCCCC([CH]C=O)(CC)CCCCC. The van der Waals surface area contributed by atoms with Gasteiger partial charge in [0.05, 0.1) is 0 Å². The van der Waals surface area contributed by atoms with Gasteiger partial charge in [-0.1, -0.05) is 59.3 Å². The molecule has 16 heavy (non-hydrogen) atoms. The van der Waals surface area contributed by atoms with E-state index in [-0.39, 0.29) is 5.41 Å². The summed E-state index contributed by atoms with van der Waals surface area (Å²) in [5.41, 5.74) is 0.200. The summed E-state index contributed by atoms with van der Waals surface area (Å²) >= 11 is 0. The maximum absolute atomic E-state index is 10.8. The van der Waals surface area contributed by atoms with Crippen molar-refractivity contribution in [3.63, 3.8) is 0 Å². The van der Waals surface area contributed by atoms with Gasteiger partial charge >= 0.3 is 0 Å². The summed E-state index contributed by atoms with van der Waals surface area (Å²) in [6.07, 6.45) is 14.1. The zero-order valence-corrected chi connectivity index (χ0v) is 11.4. The van der Waals surface area contributed by atoms with Gasteiger partial charge in [-0.05, 0) is 24.7 Å². The summed E-state index contributed by atoms with van der Waals surface area (Å²) < 4.78 is 0. The molecular weight excluding hydrogens is 196 g/mol. The minimum atomic E-state index is 0.200. The zero-order valence-electron chi connectivity index (χ0n) is 11.4. The van der Waals surface area contributed by atoms with Crippen molar-refractivity contribution in [2.45, 2.75) is 78.6 Å². The topological polar surface area (TPSA) is 17.1 Å². The molecule has 95 valence electrons. The fourth-order valence-electron chi connectivity index (χ4n) is 2.36. The molecule has 0 aromatic carbocycles. The van der Waals surface area contributed by atoms with E-state index in [2.05, 4.69) is 20.8 Å². The summed E-state index contributed by atoms with van der Waals surface area (Å²) in [7, 11) is 0. The highest BCUT2D eigenvalue weighted by atomic mass is 16.1. The highest BCUT2D eigenvalue weighted by Crippen LogP contribution is 2.37. The van der Waals surface area contributed by atoms with E-state index >= 15 is 0 Å². The van der Waals surface area contributed by atoms with E-state index in [0.717, 1.165) is 12.7 Å². The first-order valence-corrected chi connectivity index (χ1v) is 7.04. The molecule has 0 aliphatic heterocycles. The molecule has 0 rings (SSSR count). The molecular formula is C15H29O. The normalized spacial score (nSPS) is 11.7. The van der Waals surface area contributed by atoms with Crippen LogP contribution in [0.2, 0.25) is 0 Å². The number of rotatable bonds is 11. The van der Waals surface area contributed by atoms with Crippen LogP contribution in [0, 0.1) is 11.8 Å². The van der Waals surface area contributed by atoms with Gasteiger partial charge in [0, 0.05) is 6.42 Å². The first kappa shape index (κ1) is 15.7. The average Bonchev–Trinajstić information content (AvgIpc) is 2.29. The molecule has 0 aliphatic rings. The van der Waals surface area contributed by atoms with Crippen molar-refractivity contribution in [3.8, 4) is 0 Å². The second-order valence-electron chi connectivity index (χ2n) is 4.93. The number of hydrogen-bond donors (Lipinski definition) is 0. The molecule has 0 spiro atoms. The van der Waals surface area contributed by atoms with Crippen LogP contribution in [0.5, 0.6) is 0 Å². The first-order valence-electron chi connectivity index (χ1n) is 7.04. The van der Waals surface area contributed by atoms with Gasteiger partial charge in [-0.25, -0.2) is 0 Å². The van der Waals surface area contributed by atoms with E-state index in [1.165, 1.54) is 51.4 Å². The fourth-order valence-corrected chi connectivity index (χ4v) is 2.36. The number of unbranched alkanes of at least 4 members (excludes halogenated alkanes) is 4. The van der Waals surface area contributed by atoms with Crippen LogP contribution in [0.3, 0.4) is 0 Å². The van der Waals surface area contributed by atoms with Crippen LogP contribution in [-0.4, -0.2) is 6.29 Å². The van der Waals surface area contributed by atoms with Crippen LogP contribution in [0.25, 0.3) is 0 Å². The maximum atomic E-state index is 10.8. The van der Waals surface area contributed by atoms with E-state index in [4.69, 9.17) is 0 Å². The molecule has 0 heterocycles. The lowest BCUT2D eigenvalue weighted by atomic mass is 9.74. The molecule has 0 saturated heterocycles. The monoisotopic (exact) mass is 225 g/mol. The Labute approximate surface area is 102 Å². The van der Waals surface area contributed by atoms with Crippen molar-refractivity contribution in [2.75, 3.05) is 0 Å². The maximum Gasteiger partial charge on any atom is 0.124 e. The van der Waals surface area contributed by atoms with Gasteiger partial charge in [-0.3, -0.25) is 0 Å². The standard InChI is InChI=1S/C15H29O/c1-4-7-9-11-15(6-3,13-14-16)12-10-8-5-2/h13-14H,4-12H2,1-3H3. The molecule has 1 nitrogen and oxygen atoms in total. The molecule has 0 saturated carbocycles. The van der Waals surface area contributed by atoms with Crippen LogP contribution in [0.1, 0.15) is 78.6 Å². The third-order valence-electron chi connectivity index (χ3n) is 3.68. The third-order valence-corrected chi connectivity index (χ3v) is 3.68. The van der Waals surface area contributed by atoms with E-state index in [9.17, 15) is 4.79 Å². The van der Waals surface area contributed by atoms with Crippen LogP contribution in [0.4, 0.5) is 0 Å². The molecule has 0 bridgehead atoms. The molecule has 0 aliphatic carbocycles.